The molecule has 6 nitrogen and oxygen atoms in total. The molecule has 2 heterocycles. The predicted molar refractivity (Wildman–Crippen MR) is 92.2 cm³/mol. The number of nitrogens with zero attached hydrogens (tertiary/aromatic N) is 2. The quantitative estimate of drug-likeness (QED) is 0.850. The third kappa shape index (κ3) is 3.94. The molecule has 6 heteroatoms. The van der Waals surface area contributed by atoms with E-state index in [-0.39, 0.29) is 0 Å². The summed E-state index contributed by atoms with van der Waals surface area (Å²) in [6.45, 7) is 5.64. The number of nitrogens with one attached hydrogen (secondary N) is 1. The van der Waals surface area contributed by atoms with Gasteiger partial charge in [0.1, 0.15) is 18.1 Å². The summed E-state index contributed by atoms with van der Waals surface area (Å²) in [5.41, 5.74) is 7.73. The fourth-order valence-corrected chi connectivity index (χ4v) is 3.19. The van der Waals surface area contributed by atoms with Gasteiger partial charge in [-0.3, -0.25) is 14.8 Å². The first kappa shape index (κ1) is 16.5. The number of para-hydroxylation sites is 1. The van der Waals surface area contributed by atoms with Crippen molar-refractivity contribution in [2.45, 2.75) is 25.7 Å². The molecule has 0 unspecified atom stereocenters. The molecule has 1 fully saturated rings. The Hall–Kier alpha value is -2.34. The number of rotatable bonds is 6. The Labute approximate surface area is 142 Å². The van der Waals surface area contributed by atoms with E-state index in [1.807, 2.05) is 18.2 Å². The minimum atomic E-state index is -0.489. The van der Waals surface area contributed by atoms with Gasteiger partial charge in [0.05, 0.1) is 0 Å². The summed E-state index contributed by atoms with van der Waals surface area (Å²) in [5.74, 6) is 0.820. The molecule has 2 aromatic rings. The van der Waals surface area contributed by atoms with Crippen molar-refractivity contribution in [3.05, 3.63) is 47.3 Å². The number of ether oxygens (including phenoxy) is 1. The van der Waals surface area contributed by atoms with Gasteiger partial charge >= 0.3 is 0 Å². The number of nitrogens with two attached hydrogens (primary N) is 1. The zero-order chi connectivity index (χ0) is 16.9. The number of hydrogen-bond donors (Lipinski definition) is 2. The number of H-pyrrole nitrogens is 1. The maximum atomic E-state index is 11.2. The summed E-state index contributed by atoms with van der Waals surface area (Å²) >= 11 is 0. The number of likely N-dealkylation sites (tertiary alicyclic amines) is 1. The number of amides is 1. The SMILES string of the molecule is Cc1ccccc1OCCN1CCC[C@H](c2cc(C(N)=O)n[nH]2)C1. The maximum absolute atomic E-state index is 11.2. The zero-order valence-corrected chi connectivity index (χ0v) is 14.0. The molecule has 1 aromatic carbocycles. The number of hydrogen-bond acceptors (Lipinski definition) is 4. The average molecular weight is 328 g/mol. The number of primary amides is 1. The number of aromatic amines is 1. The van der Waals surface area contributed by atoms with Crippen LogP contribution in [-0.2, 0) is 0 Å². The highest BCUT2D eigenvalue weighted by molar-refractivity contribution is 5.90. The molecule has 128 valence electrons. The van der Waals surface area contributed by atoms with Crippen molar-refractivity contribution in [3.63, 3.8) is 0 Å². The standard InChI is InChI=1S/C18H24N4O2/c1-13-5-2-3-7-17(13)24-10-9-22-8-4-6-14(12-22)15-11-16(18(19)23)21-20-15/h2-3,5,7,11,14H,4,6,8-10,12H2,1H3,(H2,19,23)(H,20,21)/t14-/m0/s1. The summed E-state index contributed by atoms with van der Waals surface area (Å²) in [6.07, 6.45) is 2.22. The van der Waals surface area contributed by atoms with E-state index in [0.29, 0.717) is 18.2 Å². The smallest absolute Gasteiger partial charge is 0.269 e. The van der Waals surface area contributed by atoms with E-state index >= 15 is 0 Å². The molecule has 24 heavy (non-hydrogen) atoms. The Morgan fingerprint density at radius 2 is 2.29 bits per heavy atom. The summed E-state index contributed by atoms with van der Waals surface area (Å²) in [4.78, 5) is 13.6. The van der Waals surface area contributed by atoms with Gasteiger partial charge in [-0.15, -0.1) is 0 Å². The number of carbonyl (C=O) groups is 1. The topological polar surface area (TPSA) is 84.2 Å². The molecule has 0 saturated carbocycles. The van der Waals surface area contributed by atoms with Crippen molar-refractivity contribution < 1.29 is 9.53 Å². The minimum absolute atomic E-state index is 0.310. The van der Waals surface area contributed by atoms with Gasteiger partial charge in [-0.2, -0.15) is 5.10 Å². The monoisotopic (exact) mass is 328 g/mol. The maximum Gasteiger partial charge on any atom is 0.269 e. The highest BCUT2D eigenvalue weighted by Gasteiger charge is 2.23. The van der Waals surface area contributed by atoms with Crippen LogP contribution in [0.3, 0.4) is 0 Å². The highest BCUT2D eigenvalue weighted by Crippen LogP contribution is 2.26. The fourth-order valence-electron chi connectivity index (χ4n) is 3.19. The normalized spacial score (nSPS) is 18.5. The molecule has 0 bridgehead atoms. The van der Waals surface area contributed by atoms with Crippen molar-refractivity contribution in [2.75, 3.05) is 26.2 Å². The van der Waals surface area contributed by atoms with Gasteiger partial charge in [-0.1, -0.05) is 18.2 Å². The molecular weight excluding hydrogens is 304 g/mol. The van der Waals surface area contributed by atoms with Crippen LogP contribution in [-0.4, -0.2) is 47.2 Å². The molecule has 0 spiro atoms. The minimum Gasteiger partial charge on any atom is -0.492 e. The lowest BCUT2D eigenvalue weighted by Crippen LogP contribution is -2.37. The lowest BCUT2D eigenvalue weighted by Gasteiger charge is -2.32. The van der Waals surface area contributed by atoms with Gasteiger partial charge in [0.2, 0.25) is 0 Å². The summed E-state index contributed by atoms with van der Waals surface area (Å²) in [7, 11) is 0. The first-order chi connectivity index (χ1) is 11.6. The average Bonchev–Trinajstić information content (AvgIpc) is 3.07. The summed E-state index contributed by atoms with van der Waals surface area (Å²) in [6, 6.07) is 9.85. The molecule has 1 aliphatic heterocycles. The first-order valence-electron chi connectivity index (χ1n) is 8.39. The van der Waals surface area contributed by atoms with E-state index in [0.717, 1.165) is 49.5 Å². The van der Waals surface area contributed by atoms with Crippen LogP contribution in [0.1, 0.15) is 40.5 Å². The number of benzene rings is 1. The lowest BCUT2D eigenvalue weighted by molar-refractivity contribution is 0.0995. The van der Waals surface area contributed by atoms with Gasteiger partial charge in [0, 0.05) is 24.7 Å². The Kier molecular flexibility index (Phi) is 5.15. The van der Waals surface area contributed by atoms with Crippen molar-refractivity contribution >= 4 is 5.91 Å². The van der Waals surface area contributed by atoms with Crippen molar-refractivity contribution in [3.8, 4) is 5.75 Å². The Morgan fingerprint density at radius 1 is 1.46 bits per heavy atom. The molecule has 3 N–H and O–H groups in total. The van der Waals surface area contributed by atoms with Crippen LogP contribution >= 0.6 is 0 Å². The number of aromatic nitrogens is 2. The van der Waals surface area contributed by atoms with E-state index < -0.39 is 5.91 Å². The third-order valence-electron chi connectivity index (χ3n) is 4.55. The highest BCUT2D eigenvalue weighted by atomic mass is 16.5. The van der Waals surface area contributed by atoms with Gasteiger partial charge in [-0.05, 0) is 44.0 Å². The van der Waals surface area contributed by atoms with E-state index in [2.05, 4.69) is 28.1 Å². The second kappa shape index (κ2) is 7.49. The zero-order valence-electron chi connectivity index (χ0n) is 14.0. The molecule has 1 saturated heterocycles. The van der Waals surface area contributed by atoms with Gasteiger partial charge in [-0.25, -0.2) is 0 Å². The molecule has 3 rings (SSSR count). The van der Waals surface area contributed by atoms with Gasteiger partial charge in [0.15, 0.2) is 0 Å². The van der Waals surface area contributed by atoms with Crippen LogP contribution in [0.5, 0.6) is 5.75 Å². The van der Waals surface area contributed by atoms with Crippen LogP contribution in [0, 0.1) is 6.92 Å². The van der Waals surface area contributed by atoms with Crippen molar-refractivity contribution in [1.82, 2.24) is 15.1 Å². The van der Waals surface area contributed by atoms with Gasteiger partial charge in [0.25, 0.3) is 5.91 Å². The van der Waals surface area contributed by atoms with E-state index in [1.54, 1.807) is 6.07 Å². The second-order valence-corrected chi connectivity index (χ2v) is 6.33. The van der Waals surface area contributed by atoms with Crippen LogP contribution in [0.15, 0.2) is 30.3 Å². The largest absolute Gasteiger partial charge is 0.492 e. The Morgan fingerprint density at radius 3 is 3.04 bits per heavy atom. The molecule has 1 aromatic heterocycles. The fraction of sp³-hybridized carbons (Fsp3) is 0.444. The van der Waals surface area contributed by atoms with E-state index in [4.69, 9.17) is 10.5 Å². The van der Waals surface area contributed by atoms with E-state index in [9.17, 15) is 4.79 Å². The Balaban J connectivity index is 1.52. The van der Waals surface area contributed by atoms with Crippen LogP contribution in [0.25, 0.3) is 0 Å². The summed E-state index contributed by atoms with van der Waals surface area (Å²) < 4.78 is 5.89. The number of aryl methyl sites for hydroxylation is 1. The molecular formula is C18H24N4O2. The molecule has 1 atom stereocenters. The predicted octanol–water partition coefficient (Wildman–Crippen LogP) is 2.08. The number of piperidine rings is 1. The van der Waals surface area contributed by atoms with E-state index in [1.165, 1.54) is 0 Å². The molecule has 1 amide bonds. The van der Waals surface area contributed by atoms with Crippen LogP contribution < -0.4 is 10.5 Å². The third-order valence-corrected chi connectivity index (χ3v) is 4.55. The second-order valence-electron chi connectivity index (χ2n) is 6.33. The molecule has 0 radical (unpaired) electrons. The van der Waals surface area contributed by atoms with Crippen LogP contribution in [0.2, 0.25) is 0 Å². The van der Waals surface area contributed by atoms with Crippen molar-refractivity contribution in [1.29, 1.82) is 0 Å². The summed E-state index contributed by atoms with van der Waals surface area (Å²) in [5, 5.41) is 6.94. The van der Waals surface area contributed by atoms with Crippen molar-refractivity contribution in [2.24, 2.45) is 5.73 Å². The first-order valence-corrected chi connectivity index (χ1v) is 8.39. The van der Waals surface area contributed by atoms with Crippen LogP contribution in [0.4, 0.5) is 0 Å². The number of carbonyl (C=O) groups excluding carboxylic acids is 1. The molecule has 0 aliphatic carbocycles. The Bertz CT molecular complexity index is 698. The lowest BCUT2D eigenvalue weighted by atomic mass is 9.94. The van der Waals surface area contributed by atoms with Gasteiger partial charge < -0.3 is 10.5 Å². The molecule has 1 aliphatic rings.